The summed E-state index contributed by atoms with van der Waals surface area (Å²) < 4.78 is 5.09. The van der Waals surface area contributed by atoms with Gasteiger partial charge in [0.1, 0.15) is 0 Å². The van der Waals surface area contributed by atoms with Crippen molar-refractivity contribution in [1.29, 1.82) is 0 Å². The molecule has 132 valence electrons. The van der Waals surface area contributed by atoms with Crippen LogP contribution in [0.5, 0.6) is 11.5 Å². The number of likely N-dealkylation sites (tertiary alicyclic amines) is 1. The highest BCUT2D eigenvalue weighted by molar-refractivity contribution is 5.80. The molecular weight excluding hydrogens is 302 g/mol. The topological polar surface area (TPSA) is 57.1 Å². The number of aromatic hydroxyl groups is 1. The third kappa shape index (κ3) is 3.77. The minimum absolute atomic E-state index is 0.169. The number of guanidine groups is 1. The molecule has 0 radical (unpaired) electrons. The van der Waals surface area contributed by atoms with E-state index < -0.39 is 0 Å². The van der Waals surface area contributed by atoms with E-state index >= 15 is 0 Å². The van der Waals surface area contributed by atoms with Crippen LogP contribution in [0.1, 0.15) is 38.2 Å². The van der Waals surface area contributed by atoms with E-state index in [1.54, 1.807) is 19.2 Å². The van der Waals surface area contributed by atoms with Gasteiger partial charge in [-0.15, -0.1) is 0 Å². The zero-order valence-electron chi connectivity index (χ0n) is 14.8. The zero-order valence-corrected chi connectivity index (χ0v) is 14.8. The van der Waals surface area contributed by atoms with Gasteiger partial charge < -0.3 is 20.1 Å². The van der Waals surface area contributed by atoms with Crippen molar-refractivity contribution in [3.63, 3.8) is 0 Å². The molecule has 0 spiro atoms. The lowest BCUT2D eigenvalue weighted by Gasteiger charge is -2.22. The Morgan fingerprint density at radius 2 is 2.00 bits per heavy atom. The van der Waals surface area contributed by atoms with Crippen LogP contribution in [0.2, 0.25) is 0 Å². The molecule has 1 aromatic rings. The minimum atomic E-state index is 0.169. The lowest BCUT2D eigenvalue weighted by atomic mass is 9.82. The molecule has 1 aliphatic heterocycles. The van der Waals surface area contributed by atoms with Crippen LogP contribution in [0, 0.1) is 11.8 Å². The summed E-state index contributed by atoms with van der Waals surface area (Å²) in [6, 6.07) is 5.47. The molecule has 0 aromatic heterocycles. The predicted octanol–water partition coefficient (Wildman–Crippen LogP) is 2.99. The first-order valence-electron chi connectivity index (χ1n) is 9.10. The van der Waals surface area contributed by atoms with Crippen molar-refractivity contribution >= 4 is 5.96 Å². The molecule has 2 N–H and O–H groups in total. The summed E-state index contributed by atoms with van der Waals surface area (Å²) in [6.07, 6.45) is 5.50. The van der Waals surface area contributed by atoms with Crippen LogP contribution in [0.3, 0.4) is 0 Å². The Balaban J connectivity index is 1.68. The number of fused-ring (bicyclic) bond motifs is 1. The lowest BCUT2D eigenvalue weighted by Crippen LogP contribution is -2.40. The first-order chi connectivity index (χ1) is 11.7. The van der Waals surface area contributed by atoms with Crippen molar-refractivity contribution in [3.05, 3.63) is 23.8 Å². The van der Waals surface area contributed by atoms with Crippen LogP contribution in [0.4, 0.5) is 0 Å². The highest BCUT2D eigenvalue weighted by atomic mass is 16.5. The van der Waals surface area contributed by atoms with Crippen molar-refractivity contribution in [1.82, 2.24) is 10.2 Å². The van der Waals surface area contributed by atoms with E-state index in [9.17, 15) is 5.11 Å². The van der Waals surface area contributed by atoms with Crippen molar-refractivity contribution in [2.45, 2.75) is 39.2 Å². The highest BCUT2D eigenvalue weighted by Crippen LogP contribution is 2.36. The van der Waals surface area contributed by atoms with Gasteiger partial charge in [-0.3, -0.25) is 0 Å². The number of ether oxygens (including phenoxy) is 1. The Morgan fingerprint density at radius 3 is 2.58 bits per heavy atom. The molecule has 2 fully saturated rings. The number of phenols is 1. The Kier molecular flexibility index (Phi) is 5.48. The number of hydrogen-bond donors (Lipinski definition) is 2. The van der Waals surface area contributed by atoms with E-state index in [0.717, 1.165) is 43.0 Å². The number of methoxy groups -OCH3 is 1. The van der Waals surface area contributed by atoms with Gasteiger partial charge in [0, 0.05) is 19.6 Å². The van der Waals surface area contributed by atoms with Gasteiger partial charge in [0.2, 0.25) is 0 Å². The first kappa shape index (κ1) is 16.9. The number of hydrogen-bond acceptors (Lipinski definition) is 3. The van der Waals surface area contributed by atoms with Gasteiger partial charge in [0.25, 0.3) is 0 Å². The van der Waals surface area contributed by atoms with E-state index in [1.807, 2.05) is 6.07 Å². The monoisotopic (exact) mass is 331 g/mol. The fraction of sp³-hybridized carbons (Fsp3) is 0.632. The third-order valence-electron chi connectivity index (χ3n) is 5.27. The molecule has 24 heavy (non-hydrogen) atoms. The molecule has 1 saturated carbocycles. The first-order valence-corrected chi connectivity index (χ1v) is 9.10. The summed E-state index contributed by atoms with van der Waals surface area (Å²) in [4.78, 5) is 7.22. The molecule has 1 heterocycles. The molecule has 2 atom stereocenters. The second-order valence-electron chi connectivity index (χ2n) is 6.89. The smallest absolute Gasteiger partial charge is 0.194 e. The summed E-state index contributed by atoms with van der Waals surface area (Å²) in [6.45, 7) is 5.80. The summed E-state index contributed by atoms with van der Waals surface area (Å²) in [5, 5.41) is 13.3. The van der Waals surface area contributed by atoms with Crippen LogP contribution in [-0.4, -0.2) is 42.7 Å². The van der Waals surface area contributed by atoms with Crippen molar-refractivity contribution in [3.8, 4) is 11.5 Å². The van der Waals surface area contributed by atoms with Crippen molar-refractivity contribution in [2.75, 3.05) is 26.7 Å². The van der Waals surface area contributed by atoms with E-state index in [1.165, 1.54) is 25.7 Å². The van der Waals surface area contributed by atoms with Crippen LogP contribution in [0.25, 0.3) is 0 Å². The Hall–Kier alpha value is -1.91. The normalized spacial score (nSPS) is 23.9. The van der Waals surface area contributed by atoms with Gasteiger partial charge in [0.05, 0.1) is 13.7 Å². The van der Waals surface area contributed by atoms with Gasteiger partial charge in [-0.25, -0.2) is 4.99 Å². The van der Waals surface area contributed by atoms with Crippen molar-refractivity contribution in [2.24, 2.45) is 16.8 Å². The second kappa shape index (κ2) is 7.77. The van der Waals surface area contributed by atoms with Crippen LogP contribution < -0.4 is 10.1 Å². The fourth-order valence-corrected chi connectivity index (χ4v) is 4.00. The summed E-state index contributed by atoms with van der Waals surface area (Å²) >= 11 is 0. The van der Waals surface area contributed by atoms with Gasteiger partial charge in [-0.05, 0) is 49.3 Å². The third-order valence-corrected chi connectivity index (χ3v) is 5.27. The molecule has 3 rings (SSSR count). The Morgan fingerprint density at radius 1 is 1.29 bits per heavy atom. The molecular formula is C19H29N3O2. The average molecular weight is 331 g/mol. The van der Waals surface area contributed by atoms with Gasteiger partial charge >= 0.3 is 0 Å². The van der Waals surface area contributed by atoms with Crippen LogP contribution in [-0.2, 0) is 6.54 Å². The highest BCUT2D eigenvalue weighted by Gasteiger charge is 2.35. The fourth-order valence-electron chi connectivity index (χ4n) is 4.00. The maximum atomic E-state index is 9.91. The second-order valence-corrected chi connectivity index (χ2v) is 6.89. The number of aliphatic imine (C=N–C) groups is 1. The number of phenolic OH excluding ortho intramolecular Hbond substituents is 1. The quantitative estimate of drug-likeness (QED) is 0.658. The largest absolute Gasteiger partial charge is 0.504 e. The van der Waals surface area contributed by atoms with Crippen LogP contribution in [0.15, 0.2) is 23.2 Å². The molecule has 1 saturated heterocycles. The average Bonchev–Trinajstić information content (AvgIpc) is 3.02. The van der Waals surface area contributed by atoms with E-state index in [4.69, 9.17) is 9.73 Å². The molecule has 1 aromatic carbocycles. The van der Waals surface area contributed by atoms with Crippen molar-refractivity contribution < 1.29 is 9.84 Å². The number of nitrogens with zero attached hydrogens (tertiary/aromatic N) is 2. The summed E-state index contributed by atoms with van der Waals surface area (Å²) in [5.74, 6) is 3.35. The minimum Gasteiger partial charge on any atom is -0.504 e. The molecule has 5 heteroatoms. The molecule has 0 amide bonds. The van der Waals surface area contributed by atoms with Crippen LogP contribution >= 0.6 is 0 Å². The molecule has 2 unspecified atom stereocenters. The van der Waals surface area contributed by atoms with Gasteiger partial charge in [-0.2, -0.15) is 0 Å². The number of rotatable bonds is 4. The SMILES string of the molecule is CCNC(=NCc1ccc(OC)c(O)c1)N1CC2CCCCC2C1. The molecule has 5 nitrogen and oxygen atoms in total. The standard InChI is InChI=1S/C19H29N3O2/c1-3-20-19(22-12-15-6-4-5-7-16(15)13-22)21-11-14-8-9-18(24-2)17(23)10-14/h8-10,15-16,23H,3-7,11-13H2,1-2H3,(H,20,21). The van der Waals surface area contributed by atoms with E-state index in [0.29, 0.717) is 12.3 Å². The lowest BCUT2D eigenvalue weighted by molar-refractivity contribution is 0.299. The maximum Gasteiger partial charge on any atom is 0.194 e. The molecule has 1 aliphatic carbocycles. The van der Waals surface area contributed by atoms with E-state index in [-0.39, 0.29) is 5.75 Å². The number of benzene rings is 1. The van der Waals surface area contributed by atoms with E-state index in [2.05, 4.69) is 17.1 Å². The maximum absolute atomic E-state index is 9.91. The zero-order chi connectivity index (χ0) is 16.9. The molecule has 2 aliphatic rings. The Labute approximate surface area is 144 Å². The summed E-state index contributed by atoms with van der Waals surface area (Å²) in [7, 11) is 1.56. The number of nitrogens with one attached hydrogen (secondary N) is 1. The molecule has 0 bridgehead atoms. The van der Waals surface area contributed by atoms with Gasteiger partial charge in [-0.1, -0.05) is 18.9 Å². The predicted molar refractivity (Wildman–Crippen MR) is 96.5 cm³/mol. The Bertz CT molecular complexity index is 574. The van der Waals surface area contributed by atoms with Gasteiger partial charge in [0.15, 0.2) is 17.5 Å². The summed E-state index contributed by atoms with van der Waals surface area (Å²) in [5.41, 5.74) is 0.986.